The second-order valence-electron chi connectivity index (χ2n) is 3.23. The third kappa shape index (κ3) is 1.97. The maximum atomic E-state index is 3.51. The summed E-state index contributed by atoms with van der Waals surface area (Å²) in [7, 11) is 0. The van der Waals surface area contributed by atoms with Gasteiger partial charge in [-0.25, -0.2) is 0 Å². The van der Waals surface area contributed by atoms with Crippen LogP contribution in [0.5, 0.6) is 0 Å². The summed E-state index contributed by atoms with van der Waals surface area (Å²) in [5.74, 6) is 0. The van der Waals surface area contributed by atoms with Gasteiger partial charge in [-0.3, -0.25) is 0 Å². The predicted octanol–water partition coefficient (Wildman–Crippen LogP) is 3.73. The van der Waals surface area contributed by atoms with Gasteiger partial charge in [-0.1, -0.05) is 38.3 Å². The van der Waals surface area contributed by atoms with Crippen molar-refractivity contribution >= 4 is 31.9 Å². The van der Waals surface area contributed by atoms with Crippen LogP contribution in [0.2, 0.25) is 0 Å². The summed E-state index contributed by atoms with van der Waals surface area (Å²) < 4.78 is 0. The van der Waals surface area contributed by atoms with Crippen molar-refractivity contribution in [3.63, 3.8) is 0 Å². The summed E-state index contributed by atoms with van der Waals surface area (Å²) in [5.41, 5.74) is 0.729. The summed E-state index contributed by atoms with van der Waals surface area (Å²) in [6.07, 6.45) is 7.13. The topological polar surface area (TPSA) is 0 Å². The average Bonchev–Trinajstić information content (AvgIpc) is 1.84. The molecule has 0 aromatic rings. The molecule has 0 saturated heterocycles. The summed E-state index contributed by atoms with van der Waals surface area (Å²) in [4.78, 5) is 0. The van der Waals surface area contributed by atoms with Crippen LogP contribution < -0.4 is 0 Å². The molecule has 1 aliphatic rings. The van der Waals surface area contributed by atoms with Gasteiger partial charge in [0.05, 0.1) is 0 Å². The van der Waals surface area contributed by atoms with E-state index in [-0.39, 0.29) is 0 Å². The molecule has 0 aromatic heterocycles. The molecule has 0 aromatic carbocycles. The van der Waals surface area contributed by atoms with E-state index in [4.69, 9.17) is 0 Å². The number of alkyl halides is 2. The van der Waals surface area contributed by atoms with E-state index in [2.05, 4.69) is 31.9 Å². The SMILES string of the molecule is BrCCC1(CCBr)CCC1. The van der Waals surface area contributed by atoms with Crippen molar-refractivity contribution in [3.05, 3.63) is 0 Å². The molecule has 2 heteroatoms. The predicted molar refractivity (Wildman–Crippen MR) is 53.1 cm³/mol. The van der Waals surface area contributed by atoms with Crippen molar-refractivity contribution in [3.8, 4) is 0 Å². The van der Waals surface area contributed by atoms with Crippen LogP contribution in [-0.4, -0.2) is 10.7 Å². The first kappa shape index (κ1) is 9.05. The molecule has 60 valence electrons. The molecule has 0 N–H and O–H groups in total. The molecule has 0 radical (unpaired) electrons. The van der Waals surface area contributed by atoms with Crippen LogP contribution in [-0.2, 0) is 0 Å². The van der Waals surface area contributed by atoms with E-state index in [9.17, 15) is 0 Å². The molecule has 10 heavy (non-hydrogen) atoms. The zero-order valence-corrected chi connectivity index (χ0v) is 9.38. The average molecular weight is 270 g/mol. The van der Waals surface area contributed by atoms with Crippen molar-refractivity contribution in [1.82, 2.24) is 0 Å². The Bertz CT molecular complexity index is 89.4. The monoisotopic (exact) mass is 268 g/mol. The molecule has 1 rings (SSSR count). The van der Waals surface area contributed by atoms with E-state index in [0.29, 0.717) is 0 Å². The maximum Gasteiger partial charge on any atom is 0.00365 e. The minimum atomic E-state index is 0.729. The van der Waals surface area contributed by atoms with Crippen LogP contribution in [0, 0.1) is 5.41 Å². The van der Waals surface area contributed by atoms with E-state index in [1.54, 1.807) is 0 Å². The molecule has 1 saturated carbocycles. The fourth-order valence-electron chi connectivity index (χ4n) is 1.70. The van der Waals surface area contributed by atoms with Gasteiger partial charge >= 0.3 is 0 Å². The Hall–Kier alpha value is 0.960. The van der Waals surface area contributed by atoms with Gasteiger partial charge in [0.1, 0.15) is 0 Å². The summed E-state index contributed by atoms with van der Waals surface area (Å²) >= 11 is 7.03. The molecule has 1 fully saturated rings. The van der Waals surface area contributed by atoms with E-state index >= 15 is 0 Å². The van der Waals surface area contributed by atoms with Crippen molar-refractivity contribution in [2.75, 3.05) is 10.7 Å². The molecular weight excluding hydrogens is 256 g/mol. The molecule has 1 aliphatic carbocycles. The van der Waals surface area contributed by atoms with E-state index in [0.717, 1.165) is 5.41 Å². The Kier molecular flexibility index (Phi) is 3.71. The standard InChI is InChI=1S/C8H14Br2/c9-6-4-8(5-7-10)2-1-3-8/h1-7H2. The first-order chi connectivity index (χ1) is 4.83. The van der Waals surface area contributed by atoms with Crippen LogP contribution in [0.15, 0.2) is 0 Å². The van der Waals surface area contributed by atoms with Gasteiger partial charge < -0.3 is 0 Å². The highest BCUT2D eigenvalue weighted by atomic mass is 79.9. The van der Waals surface area contributed by atoms with Crippen LogP contribution in [0.25, 0.3) is 0 Å². The lowest BCUT2D eigenvalue weighted by Crippen LogP contribution is -2.30. The van der Waals surface area contributed by atoms with Gasteiger partial charge in [0, 0.05) is 10.7 Å². The van der Waals surface area contributed by atoms with E-state index in [1.165, 1.54) is 42.8 Å². The molecule has 0 aliphatic heterocycles. The van der Waals surface area contributed by atoms with Gasteiger partial charge in [0.15, 0.2) is 0 Å². The summed E-state index contributed by atoms with van der Waals surface area (Å²) in [6, 6.07) is 0. The number of halogens is 2. The fourth-order valence-corrected chi connectivity index (χ4v) is 3.38. The highest BCUT2D eigenvalue weighted by Gasteiger charge is 2.34. The lowest BCUT2D eigenvalue weighted by molar-refractivity contribution is 0.125. The normalized spacial score (nSPS) is 22.2. The van der Waals surface area contributed by atoms with E-state index in [1.807, 2.05) is 0 Å². The Balaban J connectivity index is 2.27. The number of hydrogen-bond acceptors (Lipinski definition) is 0. The number of hydrogen-bond donors (Lipinski definition) is 0. The highest BCUT2D eigenvalue weighted by molar-refractivity contribution is 9.09. The first-order valence-electron chi connectivity index (χ1n) is 3.95. The quantitative estimate of drug-likeness (QED) is 0.683. The molecule has 0 nitrogen and oxygen atoms in total. The van der Waals surface area contributed by atoms with E-state index < -0.39 is 0 Å². The Morgan fingerprint density at radius 1 is 1.00 bits per heavy atom. The van der Waals surface area contributed by atoms with Gasteiger partial charge in [-0.15, -0.1) is 0 Å². The molecule has 0 bridgehead atoms. The Labute approximate surface area is 80.0 Å². The van der Waals surface area contributed by atoms with Crippen LogP contribution in [0.1, 0.15) is 32.1 Å². The maximum absolute atomic E-state index is 3.51. The lowest BCUT2D eigenvalue weighted by Gasteiger charge is -2.41. The first-order valence-corrected chi connectivity index (χ1v) is 6.19. The van der Waals surface area contributed by atoms with Gasteiger partial charge in [-0.05, 0) is 31.1 Å². The van der Waals surface area contributed by atoms with Crippen LogP contribution in [0.3, 0.4) is 0 Å². The lowest BCUT2D eigenvalue weighted by atomic mass is 9.65. The largest absolute Gasteiger partial charge is 0.0928 e. The van der Waals surface area contributed by atoms with Gasteiger partial charge in [-0.2, -0.15) is 0 Å². The Morgan fingerprint density at radius 3 is 1.70 bits per heavy atom. The molecule has 0 spiro atoms. The van der Waals surface area contributed by atoms with Crippen molar-refractivity contribution in [1.29, 1.82) is 0 Å². The molecule has 0 amide bonds. The third-order valence-electron chi connectivity index (χ3n) is 2.66. The molecule has 0 heterocycles. The second kappa shape index (κ2) is 4.10. The highest BCUT2D eigenvalue weighted by Crippen LogP contribution is 2.47. The molecule has 0 unspecified atom stereocenters. The zero-order valence-electron chi connectivity index (χ0n) is 6.21. The second-order valence-corrected chi connectivity index (χ2v) is 4.82. The van der Waals surface area contributed by atoms with Crippen molar-refractivity contribution < 1.29 is 0 Å². The van der Waals surface area contributed by atoms with Crippen molar-refractivity contribution in [2.24, 2.45) is 5.41 Å². The Morgan fingerprint density at radius 2 is 1.50 bits per heavy atom. The third-order valence-corrected chi connectivity index (χ3v) is 3.46. The minimum Gasteiger partial charge on any atom is -0.0928 e. The van der Waals surface area contributed by atoms with Crippen LogP contribution >= 0.6 is 31.9 Å². The summed E-state index contributed by atoms with van der Waals surface area (Å²) in [5, 5.41) is 2.36. The number of rotatable bonds is 4. The molecular formula is C8H14Br2. The van der Waals surface area contributed by atoms with Gasteiger partial charge in [0.2, 0.25) is 0 Å². The minimum absolute atomic E-state index is 0.729. The van der Waals surface area contributed by atoms with Crippen LogP contribution in [0.4, 0.5) is 0 Å². The fraction of sp³-hybridized carbons (Fsp3) is 1.00. The smallest absolute Gasteiger partial charge is 0.00365 e. The zero-order chi connectivity index (χ0) is 7.45. The molecule has 0 atom stereocenters. The van der Waals surface area contributed by atoms with Crippen molar-refractivity contribution in [2.45, 2.75) is 32.1 Å². The summed E-state index contributed by atoms with van der Waals surface area (Å²) in [6.45, 7) is 0. The van der Waals surface area contributed by atoms with Gasteiger partial charge in [0.25, 0.3) is 0 Å².